The Hall–Kier alpha value is -3.36. The third-order valence-electron chi connectivity index (χ3n) is 5.23. The molecule has 1 aromatic heterocycles. The summed E-state index contributed by atoms with van der Waals surface area (Å²) in [5, 5.41) is 11.6. The van der Waals surface area contributed by atoms with E-state index in [1.54, 1.807) is 6.07 Å². The van der Waals surface area contributed by atoms with Gasteiger partial charge in [0.25, 0.3) is 0 Å². The molecular formula is C27H20OS. The number of rotatable bonds is 4. The fraction of sp³-hybridized carbons (Fsp3) is 0.0370. The lowest BCUT2D eigenvalue weighted by atomic mass is 9.91. The Morgan fingerprint density at radius 2 is 1.34 bits per heavy atom. The van der Waals surface area contributed by atoms with Gasteiger partial charge in [0.2, 0.25) is 0 Å². The summed E-state index contributed by atoms with van der Waals surface area (Å²) in [7, 11) is 0. The first-order valence-electron chi connectivity index (χ1n) is 9.73. The van der Waals surface area contributed by atoms with Crippen molar-refractivity contribution in [2.45, 2.75) is 6.42 Å². The van der Waals surface area contributed by atoms with Crippen LogP contribution in [0.15, 0.2) is 103 Å². The highest BCUT2D eigenvalue weighted by molar-refractivity contribution is 7.19. The van der Waals surface area contributed by atoms with Crippen molar-refractivity contribution < 1.29 is 5.11 Å². The number of phenolic OH excluding ortho intramolecular Hbond substituents is 1. The Bertz CT molecular complexity index is 1270. The average Bonchev–Trinajstić information content (AvgIpc) is 3.12. The molecule has 0 unspecified atom stereocenters. The normalized spacial score (nSPS) is 11.0. The topological polar surface area (TPSA) is 20.2 Å². The van der Waals surface area contributed by atoms with E-state index in [1.165, 1.54) is 26.1 Å². The molecule has 4 aromatic carbocycles. The van der Waals surface area contributed by atoms with Crippen LogP contribution in [0.2, 0.25) is 0 Å². The fourth-order valence-corrected chi connectivity index (χ4v) is 5.16. The van der Waals surface area contributed by atoms with Gasteiger partial charge in [-0.15, -0.1) is 11.3 Å². The Morgan fingerprint density at radius 3 is 2.14 bits per heavy atom. The maximum atomic E-state index is 10.3. The van der Waals surface area contributed by atoms with Crippen molar-refractivity contribution in [3.8, 4) is 28.0 Å². The van der Waals surface area contributed by atoms with Crippen LogP contribution in [0.3, 0.4) is 0 Å². The molecule has 0 aliphatic rings. The maximum absolute atomic E-state index is 10.3. The van der Waals surface area contributed by atoms with Crippen molar-refractivity contribution in [1.29, 1.82) is 0 Å². The molecule has 0 amide bonds. The second kappa shape index (κ2) is 7.57. The predicted molar refractivity (Wildman–Crippen MR) is 124 cm³/mol. The van der Waals surface area contributed by atoms with Crippen molar-refractivity contribution in [2.75, 3.05) is 0 Å². The van der Waals surface area contributed by atoms with E-state index in [2.05, 4.69) is 78.9 Å². The molecule has 0 radical (unpaired) electrons. The molecule has 5 aromatic rings. The molecule has 1 nitrogen and oxygen atoms in total. The second-order valence-corrected chi connectivity index (χ2v) is 8.29. The average molecular weight is 393 g/mol. The highest BCUT2D eigenvalue weighted by atomic mass is 32.1. The monoisotopic (exact) mass is 392 g/mol. The summed E-state index contributed by atoms with van der Waals surface area (Å²) in [6.45, 7) is 0. The molecule has 1 heterocycles. The third-order valence-corrected chi connectivity index (χ3v) is 6.40. The maximum Gasteiger partial charge on any atom is 0.116 e. The van der Waals surface area contributed by atoms with E-state index >= 15 is 0 Å². The van der Waals surface area contributed by atoms with E-state index in [0.717, 1.165) is 23.1 Å². The zero-order chi connectivity index (χ0) is 19.6. The molecule has 0 saturated heterocycles. The van der Waals surface area contributed by atoms with E-state index < -0.39 is 0 Å². The Balaban J connectivity index is 1.77. The third kappa shape index (κ3) is 3.43. The summed E-state index contributed by atoms with van der Waals surface area (Å²) in [6.07, 6.45) is 0.874. The molecule has 0 saturated carbocycles. The van der Waals surface area contributed by atoms with E-state index in [0.29, 0.717) is 5.75 Å². The number of hydrogen-bond acceptors (Lipinski definition) is 2. The van der Waals surface area contributed by atoms with Crippen LogP contribution in [0, 0.1) is 0 Å². The molecular weight excluding hydrogens is 372 g/mol. The largest absolute Gasteiger partial charge is 0.508 e. The van der Waals surface area contributed by atoms with Gasteiger partial charge in [-0.05, 0) is 40.5 Å². The fourth-order valence-electron chi connectivity index (χ4n) is 3.91. The number of benzene rings is 4. The molecule has 0 aliphatic carbocycles. The lowest BCUT2D eigenvalue weighted by Crippen LogP contribution is -1.90. The van der Waals surface area contributed by atoms with Gasteiger partial charge < -0.3 is 5.11 Å². The summed E-state index contributed by atoms with van der Waals surface area (Å²) in [5.74, 6) is 0.292. The second-order valence-electron chi connectivity index (χ2n) is 7.15. The van der Waals surface area contributed by atoms with Gasteiger partial charge >= 0.3 is 0 Å². The SMILES string of the molecule is Oc1ccc(-c2ccccc2)c(-c2c(Cc3ccccc3)sc3ccccc23)c1. The minimum Gasteiger partial charge on any atom is -0.508 e. The highest BCUT2D eigenvalue weighted by Gasteiger charge is 2.18. The first-order chi connectivity index (χ1) is 14.3. The van der Waals surface area contributed by atoms with Crippen LogP contribution in [-0.2, 0) is 6.42 Å². The number of hydrogen-bond donors (Lipinski definition) is 1. The molecule has 29 heavy (non-hydrogen) atoms. The summed E-state index contributed by atoms with van der Waals surface area (Å²) in [5.41, 5.74) is 5.90. The minimum atomic E-state index is 0.292. The molecule has 0 bridgehead atoms. The molecule has 0 spiro atoms. The van der Waals surface area contributed by atoms with Crippen molar-refractivity contribution in [3.63, 3.8) is 0 Å². The van der Waals surface area contributed by atoms with Crippen molar-refractivity contribution >= 4 is 21.4 Å². The van der Waals surface area contributed by atoms with Crippen LogP contribution in [-0.4, -0.2) is 5.11 Å². The van der Waals surface area contributed by atoms with Crippen LogP contribution < -0.4 is 0 Å². The predicted octanol–water partition coefficient (Wildman–Crippen LogP) is 7.53. The van der Waals surface area contributed by atoms with Crippen LogP contribution in [0.4, 0.5) is 0 Å². The van der Waals surface area contributed by atoms with Gasteiger partial charge in [-0.1, -0.05) is 84.9 Å². The summed E-state index contributed by atoms with van der Waals surface area (Å²) in [4.78, 5) is 1.32. The quantitative estimate of drug-likeness (QED) is 0.335. The summed E-state index contributed by atoms with van der Waals surface area (Å²) in [6, 6.07) is 35.3. The van der Waals surface area contributed by atoms with Crippen LogP contribution in [0.5, 0.6) is 5.75 Å². The zero-order valence-electron chi connectivity index (χ0n) is 15.9. The summed E-state index contributed by atoms with van der Waals surface area (Å²) >= 11 is 1.84. The van der Waals surface area contributed by atoms with Crippen LogP contribution in [0.1, 0.15) is 10.4 Å². The first-order valence-corrected chi connectivity index (χ1v) is 10.5. The van der Waals surface area contributed by atoms with E-state index in [1.807, 2.05) is 29.5 Å². The van der Waals surface area contributed by atoms with Crippen molar-refractivity contribution in [3.05, 3.63) is 114 Å². The van der Waals surface area contributed by atoms with Gasteiger partial charge in [-0.2, -0.15) is 0 Å². The zero-order valence-corrected chi connectivity index (χ0v) is 16.7. The van der Waals surface area contributed by atoms with E-state index in [4.69, 9.17) is 0 Å². The van der Waals surface area contributed by atoms with Gasteiger partial charge in [0.1, 0.15) is 5.75 Å². The van der Waals surface area contributed by atoms with Crippen LogP contribution >= 0.6 is 11.3 Å². The highest BCUT2D eigenvalue weighted by Crippen LogP contribution is 2.44. The van der Waals surface area contributed by atoms with Crippen molar-refractivity contribution in [2.24, 2.45) is 0 Å². The standard InChI is InChI=1S/C27H20OS/c28-21-15-16-22(20-11-5-2-6-12-20)24(18-21)27-23-13-7-8-14-25(23)29-26(27)17-19-9-3-1-4-10-19/h1-16,18,28H,17H2. The number of fused-ring (bicyclic) bond motifs is 1. The molecule has 1 N–H and O–H groups in total. The molecule has 140 valence electrons. The lowest BCUT2D eigenvalue weighted by Gasteiger charge is -2.13. The van der Waals surface area contributed by atoms with E-state index in [9.17, 15) is 5.11 Å². The van der Waals surface area contributed by atoms with Crippen molar-refractivity contribution in [1.82, 2.24) is 0 Å². The Labute approximate surface area is 174 Å². The van der Waals surface area contributed by atoms with E-state index in [-0.39, 0.29) is 0 Å². The molecule has 2 heteroatoms. The first kappa shape index (κ1) is 17.7. The molecule has 0 fully saturated rings. The van der Waals surface area contributed by atoms with Gasteiger partial charge in [0.15, 0.2) is 0 Å². The molecule has 0 atom stereocenters. The van der Waals surface area contributed by atoms with Gasteiger partial charge in [-0.3, -0.25) is 0 Å². The summed E-state index contributed by atoms with van der Waals surface area (Å²) < 4.78 is 1.27. The number of thiophene rings is 1. The van der Waals surface area contributed by atoms with Gasteiger partial charge in [0.05, 0.1) is 0 Å². The molecule has 5 rings (SSSR count). The van der Waals surface area contributed by atoms with Gasteiger partial charge in [-0.25, -0.2) is 0 Å². The number of aromatic hydroxyl groups is 1. The minimum absolute atomic E-state index is 0.292. The Morgan fingerprint density at radius 1 is 0.655 bits per heavy atom. The lowest BCUT2D eigenvalue weighted by molar-refractivity contribution is 0.475. The Kier molecular flexibility index (Phi) is 4.63. The smallest absolute Gasteiger partial charge is 0.116 e. The van der Waals surface area contributed by atoms with Gasteiger partial charge in [0, 0.05) is 26.9 Å². The molecule has 0 aliphatic heterocycles. The van der Waals surface area contributed by atoms with Crippen LogP contribution in [0.25, 0.3) is 32.3 Å². The number of phenols is 1.